The average Bonchev–Trinajstić information content (AvgIpc) is 3.10. The molecule has 4 heterocycles. The minimum atomic E-state index is -0.511. The highest BCUT2D eigenvalue weighted by Crippen LogP contribution is 2.37. The predicted octanol–water partition coefficient (Wildman–Crippen LogP) is 3.62. The van der Waals surface area contributed by atoms with Gasteiger partial charge in [-0.05, 0) is 36.2 Å². The standard InChI is InChI=1S/C20H18ClFN4O2/c1-10-16-12(11-8-28-9-11)4-6-23-15(16)5-7-26(10)20(27)19-24-17-13(21)2-3-14(22)18(17)25-19/h2-4,6,10-11H,5,7-9H2,1H3,(H,24,25)/t10-/m0/s1. The van der Waals surface area contributed by atoms with Crippen LogP contribution < -0.4 is 0 Å². The molecule has 5 rings (SSSR count). The van der Waals surface area contributed by atoms with E-state index >= 15 is 0 Å². The molecule has 144 valence electrons. The molecule has 0 spiro atoms. The summed E-state index contributed by atoms with van der Waals surface area (Å²) in [6, 6.07) is 4.56. The Hall–Kier alpha value is -2.51. The van der Waals surface area contributed by atoms with Crippen molar-refractivity contribution in [3.63, 3.8) is 0 Å². The van der Waals surface area contributed by atoms with Crippen LogP contribution in [0.3, 0.4) is 0 Å². The Morgan fingerprint density at radius 2 is 2.18 bits per heavy atom. The monoisotopic (exact) mass is 400 g/mol. The van der Waals surface area contributed by atoms with Gasteiger partial charge < -0.3 is 14.6 Å². The first-order chi connectivity index (χ1) is 13.5. The smallest absolute Gasteiger partial charge is 0.290 e. The van der Waals surface area contributed by atoms with Crippen LogP contribution in [0.1, 0.15) is 46.3 Å². The number of benzene rings is 1. The summed E-state index contributed by atoms with van der Waals surface area (Å²) in [5.41, 5.74) is 3.73. The number of nitrogens with one attached hydrogen (secondary N) is 1. The lowest BCUT2D eigenvalue weighted by Crippen LogP contribution is -2.41. The van der Waals surface area contributed by atoms with Crippen LogP contribution in [0, 0.1) is 5.82 Å². The molecule has 1 amide bonds. The molecule has 1 saturated heterocycles. The quantitative estimate of drug-likeness (QED) is 0.713. The summed E-state index contributed by atoms with van der Waals surface area (Å²) < 4.78 is 19.4. The number of fused-ring (bicyclic) bond motifs is 2. The van der Waals surface area contributed by atoms with E-state index in [1.807, 2.05) is 19.2 Å². The van der Waals surface area contributed by atoms with E-state index < -0.39 is 5.82 Å². The van der Waals surface area contributed by atoms with Crippen LogP contribution in [0.2, 0.25) is 5.02 Å². The van der Waals surface area contributed by atoms with E-state index in [0.29, 0.717) is 42.6 Å². The molecular weight excluding hydrogens is 383 g/mol. The third-order valence-corrected chi connectivity index (χ3v) is 5.98. The Balaban J connectivity index is 1.52. The molecule has 2 aliphatic rings. The van der Waals surface area contributed by atoms with Crippen molar-refractivity contribution >= 4 is 28.5 Å². The van der Waals surface area contributed by atoms with Gasteiger partial charge in [-0.15, -0.1) is 0 Å². The molecule has 1 aromatic carbocycles. The van der Waals surface area contributed by atoms with Crippen LogP contribution in [0.25, 0.3) is 11.0 Å². The van der Waals surface area contributed by atoms with Crippen LogP contribution in [-0.4, -0.2) is 45.5 Å². The molecule has 3 aromatic rings. The lowest BCUT2D eigenvalue weighted by molar-refractivity contribution is 0.00731. The number of pyridine rings is 1. The summed E-state index contributed by atoms with van der Waals surface area (Å²) in [6.07, 6.45) is 2.50. The van der Waals surface area contributed by atoms with Crippen LogP contribution in [0.4, 0.5) is 4.39 Å². The first kappa shape index (κ1) is 17.6. The Morgan fingerprint density at radius 1 is 1.36 bits per heavy atom. The number of nitrogens with zero attached hydrogens (tertiary/aromatic N) is 3. The normalized spacial score (nSPS) is 19.5. The van der Waals surface area contributed by atoms with E-state index in [9.17, 15) is 9.18 Å². The van der Waals surface area contributed by atoms with Gasteiger partial charge in [-0.3, -0.25) is 9.78 Å². The summed E-state index contributed by atoms with van der Waals surface area (Å²) in [5, 5.41) is 0.330. The fourth-order valence-electron chi connectivity index (χ4n) is 4.10. The third-order valence-electron chi connectivity index (χ3n) is 5.67. The van der Waals surface area contributed by atoms with Crippen LogP contribution in [0.5, 0.6) is 0 Å². The Labute approximate surface area is 165 Å². The number of ether oxygens (including phenoxy) is 1. The highest BCUT2D eigenvalue weighted by atomic mass is 35.5. The zero-order chi connectivity index (χ0) is 19.4. The number of H-pyrrole nitrogens is 1. The molecule has 2 aromatic heterocycles. The number of hydrogen-bond donors (Lipinski definition) is 1. The number of carbonyl (C=O) groups is 1. The number of rotatable bonds is 2. The maximum absolute atomic E-state index is 14.1. The van der Waals surface area contributed by atoms with Crippen molar-refractivity contribution in [1.29, 1.82) is 0 Å². The van der Waals surface area contributed by atoms with Crippen LogP contribution in [-0.2, 0) is 11.2 Å². The minimum absolute atomic E-state index is 0.0786. The molecular formula is C20H18ClFN4O2. The SMILES string of the molecule is C[C@H]1c2c(C3COC3)ccnc2CCN1C(=O)c1nc2c(F)ccc(Cl)c2[nH]1. The molecule has 0 bridgehead atoms. The van der Waals surface area contributed by atoms with E-state index in [4.69, 9.17) is 16.3 Å². The lowest BCUT2D eigenvalue weighted by atomic mass is 9.86. The van der Waals surface area contributed by atoms with Crippen molar-refractivity contribution in [3.05, 3.63) is 57.9 Å². The lowest BCUT2D eigenvalue weighted by Gasteiger charge is -2.38. The van der Waals surface area contributed by atoms with Gasteiger partial charge >= 0.3 is 0 Å². The summed E-state index contributed by atoms with van der Waals surface area (Å²) in [6.45, 7) is 3.91. The van der Waals surface area contributed by atoms with Crippen LogP contribution in [0.15, 0.2) is 24.4 Å². The Bertz CT molecular complexity index is 1060. The number of carbonyl (C=O) groups excluding carboxylic acids is 1. The number of aromatic nitrogens is 3. The van der Waals surface area contributed by atoms with E-state index in [1.54, 1.807) is 4.90 Å². The number of halogens is 2. The van der Waals surface area contributed by atoms with Gasteiger partial charge in [0.25, 0.3) is 5.91 Å². The van der Waals surface area contributed by atoms with Gasteiger partial charge in [0.1, 0.15) is 5.52 Å². The van der Waals surface area contributed by atoms with E-state index in [2.05, 4.69) is 15.0 Å². The van der Waals surface area contributed by atoms with Crippen molar-refractivity contribution < 1.29 is 13.9 Å². The van der Waals surface area contributed by atoms with Crippen LogP contribution >= 0.6 is 11.6 Å². The molecule has 1 N–H and O–H groups in total. The van der Waals surface area contributed by atoms with Gasteiger partial charge in [-0.1, -0.05) is 11.6 Å². The minimum Gasteiger partial charge on any atom is -0.380 e. The summed E-state index contributed by atoms with van der Waals surface area (Å²) >= 11 is 6.12. The van der Waals surface area contributed by atoms with Crippen molar-refractivity contribution in [2.75, 3.05) is 19.8 Å². The number of amides is 1. The van der Waals surface area contributed by atoms with Gasteiger partial charge in [-0.25, -0.2) is 9.37 Å². The molecule has 6 nitrogen and oxygen atoms in total. The molecule has 0 saturated carbocycles. The first-order valence-corrected chi connectivity index (χ1v) is 9.62. The molecule has 1 fully saturated rings. The number of hydrogen-bond acceptors (Lipinski definition) is 4. The van der Waals surface area contributed by atoms with E-state index in [1.165, 1.54) is 17.7 Å². The van der Waals surface area contributed by atoms with E-state index in [0.717, 1.165) is 11.3 Å². The Kier molecular flexibility index (Phi) is 4.10. The Morgan fingerprint density at radius 3 is 2.89 bits per heavy atom. The topological polar surface area (TPSA) is 71.1 Å². The van der Waals surface area contributed by atoms with Gasteiger partial charge in [0.2, 0.25) is 0 Å². The second-order valence-electron chi connectivity index (χ2n) is 7.26. The van der Waals surface area contributed by atoms with Gasteiger partial charge in [0.15, 0.2) is 11.6 Å². The molecule has 0 unspecified atom stereocenters. The fourth-order valence-corrected chi connectivity index (χ4v) is 4.30. The predicted molar refractivity (Wildman–Crippen MR) is 102 cm³/mol. The highest BCUT2D eigenvalue weighted by molar-refractivity contribution is 6.35. The van der Waals surface area contributed by atoms with Crippen molar-refractivity contribution in [2.24, 2.45) is 0 Å². The first-order valence-electron chi connectivity index (χ1n) is 9.24. The van der Waals surface area contributed by atoms with Crippen molar-refractivity contribution in [2.45, 2.75) is 25.3 Å². The fraction of sp³-hybridized carbons (Fsp3) is 0.350. The third kappa shape index (κ3) is 2.61. The maximum Gasteiger partial charge on any atom is 0.290 e. The molecule has 28 heavy (non-hydrogen) atoms. The molecule has 2 aliphatic heterocycles. The zero-order valence-corrected chi connectivity index (χ0v) is 16.0. The number of aromatic amines is 1. The number of imidazole rings is 1. The summed E-state index contributed by atoms with van der Waals surface area (Å²) in [7, 11) is 0. The summed E-state index contributed by atoms with van der Waals surface area (Å²) in [5.74, 6) is -0.351. The molecule has 1 atom stereocenters. The molecule has 0 radical (unpaired) electrons. The van der Waals surface area contributed by atoms with Crippen molar-refractivity contribution in [3.8, 4) is 0 Å². The maximum atomic E-state index is 14.1. The second kappa shape index (κ2) is 6.53. The zero-order valence-electron chi connectivity index (χ0n) is 15.2. The van der Waals surface area contributed by atoms with Gasteiger partial charge in [0.05, 0.1) is 29.8 Å². The molecule has 8 heteroatoms. The van der Waals surface area contributed by atoms with Gasteiger partial charge in [0, 0.05) is 30.8 Å². The second-order valence-corrected chi connectivity index (χ2v) is 7.66. The molecule has 0 aliphatic carbocycles. The average molecular weight is 401 g/mol. The van der Waals surface area contributed by atoms with Crippen molar-refractivity contribution in [1.82, 2.24) is 19.9 Å². The van der Waals surface area contributed by atoms with Gasteiger partial charge in [-0.2, -0.15) is 0 Å². The largest absolute Gasteiger partial charge is 0.380 e. The summed E-state index contributed by atoms with van der Waals surface area (Å²) in [4.78, 5) is 26.6. The highest BCUT2D eigenvalue weighted by Gasteiger charge is 2.35. The van der Waals surface area contributed by atoms with E-state index in [-0.39, 0.29) is 23.3 Å².